The minimum absolute atomic E-state index is 0.0535. The molecule has 604 valence electrons. The minimum Gasteiger partial charge on any atom is -0.508 e. The van der Waals surface area contributed by atoms with Gasteiger partial charge in [0.1, 0.15) is 11.5 Å². The maximum Gasteiger partial charge on any atom is 0.240 e. The summed E-state index contributed by atoms with van der Waals surface area (Å²) < 4.78 is 370. The fraction of sp³-hybridized carbons (Fsp3) is 0.0172. The summed E-state index contributed by atoms with van der Waals surface area (Å²) >= 11 is 0. The van der Waals surface area contributed by atoms with Crippen molar-refractivity contribution in [2.75, 3.05) is 0 Å². The Labute approximate surface area is 793 Å². The molecule has 0 aliphatic rings. The zero-order valence-electron chi connectivity index (χ0n) is 106. The van der Waals surface area contributed by atoms with Crippen molar-refractivity contribution in [3.05, 3.63) is 505 Å². The number of rotatable bonds is 16. The minimum atomic E-state index is -1.98. The summed E-state index contributed by atoms with van der Waals surface area (Å²) in [4.78, 5) is 29.2. The monoisotopic (exact) mass is 1680 g/mol. The zero-order valence-corrected chi connectivity index (χ0v) is 66.2. The summed E-state index contributed by atoms with van der Waals surface area (Å²) in [6.45, 7) is 0. The fourth-order valence-corrected chi connectivity index (χ4v) is 17.0. The van der Waals surface area contributed by atoms with Crippen LogP contribution in [0.1, 0.15) is 99.3 Å². The SMILES string of the molecule is [2H]c1c([2H])c([2H])c(-c2cccc(C(c3ccccc3)(c3ccccc3)c3c([2H])c([2H])c([2H])c(-c4nc(-n5c6c([2H])c([2H])c([2H])c([2H])c6c6c([2H])c([2H])c([2H])c([2H])c65)nc(-n5c6c([2H])c([2H])c([2H])c([2H])c6c6c([2H])c(O)c([2H])c([2H])c65)n4)c3[2H])c2)c([2H])c1[2H].[2H]c1c([2H])c([2H])c(-c2cccc(C(c3ccccc3)(c3ccccc3)c3c([2H])c([2H])c([2H])c(-c4nc(-n5c6ccccc6c6c([2H])c([2H])c([2H])c([2H])c65)nc(-n5c6ccccc6c6c([2H])c(O)c([2H])c([2H])c65)n4)c3[2H])c2)c([2H])c1[2H]. The maximum absolute atomic E-state index is 11.2. The molecule has 12 nitrogen and oxygen atoms in total. The van der Waals surface area contributed by atoms with Crippen LogP contribution in [-0.2, 0) is 10.8 Å². The Hall–Kier alpha value is -17.2. The number of phenolic OH excluding ortho intramolecular Hbond substituents is 2. The number of aromatic hydroxyl groups is 2. The number of hydrogen-bond donors (Lipinski definition) is 2. The summed E-state index contributed by atoms with van der Waals surface area (Å²) in [5, 5.41) is 21.2. The smallest absolute Gasteiger partial charge is 0.240 e. The first-order valence-electron chi connectivity index (χ1n) is 59.8. The van der Waals surface area contributed by atoms with E-state index in [1.54, 1.807) is 200 Å². The van der Waals surface area contributed by atoms with Crippen molar-refractivity contribution in [2.45, 2.75) is 10.8 Å². The molecule has 0 unspecified atom stereocenters. The highest BCUT2D eigenvalue weighted by Crippen LogP contribution is 2.50. The van der Waals surface area contributed by atoms with Gasteiger partial charge in [0.25, 0.3) is 0 Å². The lowest BCUT2D eigenvalue weighted by Gasteiger charge is -2.37. The van der Waals surface area contributed by atoms with Crippen LogP contribution >= 0.6 is 0 Å². The van der Waals surface area contributed by atoms with Gasteiger partial charge in [0.2, 0.25) is 23.8 Å². The van der Waals surface area contributed by atoms with E-state index < -0.39 is 336 Å². The Morgan fingerprint density at radius 1 is 0.195 bits per heavy atom. The van der Waals surface area contributed by atoms with Gasteiger partial charge in [0.15, 0.2) is 11.6 Å². The number of hydrogen-bond acceptors (Lipinski definition) is 8. The second kappa shape index (κ2) is 31.6. The number of aromatic nitrogens is 10. The number of nitrogens with zero attached hydrogens (tertiary/aromatic N) is 10. The van der Waals surface area contributed by atoms with E-state index in [4.69, 9.17) is 65.5 Å². The largest absolute Gasteiger partial charge is 0.508 e. The molecule has 2 N–H and O–H groups in total. The average Bonchev–Trinajstić information content (AvgIpc) is 1.44. The normalized spacial score (nSPS) is 16.2. The number of fused-ring (bicyclic) bond motifs is 12. The van der Waals surface area contributed by atoms with Crippen molar-refractivity contribution < 1.29 is 65.0 Å². The molecule has 6 heterocycles. The molecule has 0 bridgehead atoms. The number of para-hydroxylation sites is 6. The molecular formula is C116H78N10O2. The molecule has 0 aliphatic heterocycles. The predicted molar refractivity (Wildman–Crippen MR) is 519 cm³/mol. The van der Waals surface area contributed by atoms with Crippen LogP contribution in [0.5, 0.6) is 11.5 Å². The van der Waals surface area contributed by atoms with Gasteiger partial charge in [-0.15, -0.1) is 0 Å². The molecule has 0 spiro atoms. The summed E-state index contributed by atoms with van der Waals surface area (Å²) in [6.07, 6.45) is 0. The Bertz CT molecular complexity index is 10400. The molecule has 0 fully saturated rings. The molecule has 0 atom stereocenters. The first-order chi connectivity index (χ1) is 80.0. The highest BCUT2D eigenvalue weighted by atomic mass is 16.3. The summed E-state index contributed by atoms with van der Waals surface area (Å²) in [5.41, 5.74) is -5.16. The van der Waals surface area contributed by atoms with Crippen LogP contribution in [0.25, 0.3) is 156 Å². The predicted octanol–water partition coefficient (Wildman–Crippen LogP) is 27.0. The Morgan fingerprint density at radius 2 is 0.484 bits per heavy atom. The van der Waals surface area contributed by atoms with Crippen LogP contribution in [0.2, 0.25) is 0 Å². The van der Waals surface area contributed by atoms with E-state index in [1.165, 1.54) is 27.3 Å². The maximum atomic E-state index is 11.2. The van der Waals surface area contributed by atoms with Crippen LogP contribution in [0, 0.1) is 0 Å². The molecule has 0 radical (unpaired) electrons. The lowest BCUT2D eigenvalue weighted by molar-refractivity contribution is 0.475. The molecule has 6 aromatic heterocycles. The van der Waals surface area contributed by atoms with E-state index >= 15 is 0 Å². The first kappa shape index (κ1) is 44.7. The van der Waals surface area contributed by atoms with Crippen molar-refractivity contribution >= 4 is 87.2 Å². The highest BCUT2D eigenvalue weighted by molar-refractivity contribution is 6.12. The van der Waals surface area contributed by atoms with Gasteiger partial charge in [-0.25, -0.2) is 0 Å². The number of phenols is 2. The van der Waals surface area contributed by atoms with E-state index in [2.05, 4.69) is 0 Å². The average molecular weight is 1680 g/mol. The van der Waals surface area contributed by atoms with Crippen molar-refractivity contribution in [2.24, 2.45) is 0 Å². The van der Waals surface area contributed by atoms with Crippen LogP contribution in [0.4, 0.5) is 0 Å². The summed E-state index contributed by atoms with van der Waals surface area (Å²) in [5.74, 6) is -5.39. The van der Waals surface area contributed by atoms with E-state index in [0.29, 0.717) is 44.1 Å². The van der Waals surface area contributed by atoms with Gasteiger partial charge < -0.3 is 10.2 Å². The van der Waals surface area contributed by atoms with E-state index in [1.807, 2.05) is 0 Å². The Balaban J connectivity index is 0.000000180. The van der Waals surface area contributed by atoms with Gasteiger partial charge in [0, 0.05) is 54.2 Å². The molecule has 24 aromatic rings. The third-order valence-corrected chi connectivity index (χ3v) is 22.4. The third kappa shape index (κ3) is 12.8. The topological polar surface area (TPSA) is 138 Å². The van der Waals surface area contributed by atoms with Crippen LogP contribution < -0.4 is 0 Å². The van der Waals surface area contributed by atoms with Gasteiger partial charge in [-0.3, -0.25) is 18.3 Å². The van der Waals surface area contributed by atoms with Crippen molar-refractivity contribution in [3.8, 4) is 80.3 Å². The lowest BCUT2D eigenvalue weighted by Crippen LogP contribution is -2.31. The van der Waals surface area contributed by atoms with E-state index in [9.17, 15) is 29.4 Å². The summed E-state index contributed by atoms with van der Waals surface area (Å²) in [7, 11) is 0. The molecule has 0 aliphatic carbocycles. The van der Waals surface area contributed by atoms with Gasteiger partial charge in [-0.2, -0.15) is 29.9 Å². The Kier molecular flexibility index (Phi) is 11.0. The molecule has 12 heteroatoms. The van der Waals surface area contributed by atoms with E-state index in [-0.39, 0.29) is 84.2 Å². The molecule has 0 saturated carbocycles. The molecular weight excluding hydrogens is 1570 g/mol. The third-order valence-electron chi connectivity index (χ3n) is 22.4. The second-order valence-corrected chi connectivity index (χ2v) is 29.3. The molecule has 0 saturated heterocycles. The van der Waals surface area contributed by atoms with E-state index in [0.717, 1.165) is 9.13 Å². The highest BCUT2D eigenvalue weighted by Gasteiger charge is 2.41. The van der Waals surface area contributed by atoms with Crippen molar-refractivity contribution in [1.29, 1.82) is 0 Å². The standard InChI is InChI=1S/2C58H39N5O/c2*64-46-34-35-54-50(38-46)49-30-12-15-33-53(49)63(54)57-60-55(59-56(61-57)62-51-31-13-10-28-47(51)48-29-11-14-32-52(48)62)41-21-17-27-45(37-41)58(42-22-6-2-7-23-42,43-24-8-3-9-25-43)44-26-16-20-40(36-44)39-18-4-1-5-19-39/h2*1-38,64H/i1D,4D,5D,10D,11D,12D,13D,14D,15D,17D,18D,19D,21D,27D,28D,29D,30D,31D,32D,33D,34D,35D,37D,38D;1D,4D,5D,10D,13D,17D,18D,19D,21D,27D,28D,31D,34D,35D,37D,38D. The molecule has 0 amide bonds. The zero-order chi connectivity index (χ0) is 120. The summed E-state index contributed by atoms with van der Waals surface area (Å²) in [6, 6.07) is 32.8. The van der Waals surface area contributed by atoms with Gasteiger partial charge in [-0.1, -0.05) is 363 Å². The fourth-order valence-electron chi connectivity index (χ4n) is 17.0. The van der Waals surface area contributed by atoms with Crippen molar-refractivity contribution in [1.82, 2.24) is 48.2 Å². The first-order valence-corrected chi connectivity index (χ1v) is 39.8. The van der Waals surface area contributed by atoms with Gasteiger partial charge in [0.05, 0.1) is 110 Å². The molecule has 128 heavy (non-hydrogen) atoms. The van der Waals surface area contributed by atoms with Crippen LogP contribution in [0.15, 0.2) is 460 Å². The quantitative estimate of drug-likeness (QED) is 0.0913. The molecule has 24 rings (SSSR count). The molecule has 18 aromatic carbocycles. The van der Waals surface area contributed by atoms with Crippen LogP contribution in [0.3, 0.4) is 0 Å². The second-order valence-electron chi connectivity index (χ2n) is 29.3. The Morgan fingerprint density at radius 3 is 0.867 bits per heavy atom. The van der Waals surface area contributed by atoms with Gasteiger partial charge >= 0.3 is 0 Å². The number of benzene rings is 18. The van der Waals surface area contributed by atoms with Crippen molar-refractivity contribution in [3.63, 3.8) is 0 Å². The van der Waals surface area contributed by atoms with Gasteiger partial charge in [-0.05, 0) is 164 Å². The van der Waals surface area contributed by atoms with Crippen LogP contribution in [-0.4, -0.2) is 58.4 Å². The lowest BCUT2D eigenvalue weighted by atomic mass is 9.64.